The van der Waals surface area contributed by atoms with Gasteiger partial charge in [0, 0.05) is 12.1 Å². The summed E-state index contributed by atoms with van der Waals surface area (Å²) in [6.45, 7) is 4.54. The van der Waals surface area contributed by atoms with Gasteiger partial charge in [-0.05, 0) is 50.3 Å². The van der Waals surface area contributed by atoms with Gasteiger partial charge in [-0.3, -0.25) is 0 Å². The SMILES string of the molecule is COc1ccc(C(C)NC(C)C2CCC2)cc1. The Bertz CT molecular complexity index is 342. The van der Waals surface area contributed by atoms with E-state index >= 15 is 0 Å². The molecular formula is C15H23NO. The van der Waals surface area contributed by atoms with Crippen LogP contribution in [0.15, 0.2) is 24.3 Å². The molecule has 0 radical (unpaired) electrons. The van der Waals surface area contributed by atoms with Crippen LogP contribution in [0.4, 0.5) is 0 Å². The Kier molecular flexibility index (Phi) is 4.06. The molecule has 17 heavy (non-hydrogen) atoms. The zero-order valence-electron chi connectivity index (χ0n) is 11.1. The van der Waals surface area contributed by atoms with E-state index in [1.807, 2.05) is 12.1 Å². The van der Waals surface area contributed by atoms with Crippen LogP contribution in [0.5, 0.6) is 5.75 Å². The molecule has 1 aliphatic carbocycles. The van der Waals surface area contributed by atoms with E-state index in [9.17, 15) is 0 Å². The average Bonchev–Trinajstić information content (AvgIpc) is 2.26. The maximum atomic E-state index is 5.17. The molecule has 0 heterocycles. The number of benzene rings is 1. The predicted octanol–water partition coefficient (Wildman–Crippen LogP) is 3.53. The molecule has 0 spiro atoms. The third-order valence-corrected chi connectivity index (χ3v) is 3.99. The van der Waals surface area contributed by atoms with Crippen LogP contribution in [0.3, 0.4) is 0 Å². The lowest BCUT2D eigenvalue weighted by atomic mass is 9.80. The molecule has 0 aliphatic heterocycles. The topological polar surface area (TPSA) is 21.3 Å². The second-order valence-electron chi connectivity index (χ2n) is 5.14. The molecule has 1 aromatic carbocycles. The van der Waals surface area contributed by atoms with Crippen LogP contribution >= 0.6 is 0 Å². The van der Waals surface area contributed by atoms with E-state index in [1.165, 1.54) is 24.8 Å². The van der Waals surface area contributed by atoms with Crippen molar-refractivity contribution >= 4 is 0 Å². The first-order valence-corrected chi connectivity index (χ1v) is 6.60. The molecule has 0 amide bonds. The lowest BCUT2D eigenvalue weighted by Crippen LogP contribution is -2.38. The van der Waals surface area contributed by atoms with Crippen molar-refractivity contribution < 1.29 is 4.74 Å². The van der Waals surface area contributed by atoms with E-state index in [0.717, 1.165) is 11.7 Å². The molecule has 1 aliphatic rings. The normalized spacial score (nSPS) is 19.5. The van der Waals surface area contributed by atoms with Gasteiger partial charge in [-0.15, -0.1) is 0 Å². The molecule has 94 valence electrons. The second-order valence-corrected chi connectivity index (χ2v) is 5.14. The number of hydrogen-bond donors (Lipinski definition) is 1. The lowest BCUT2D eigenvalue weighted by Gasteiger charge is -2.34. The number of hydrogen-bond acceptors (Lipinski definition) is 2. The van der Waals surface area contributed by atoms with Crippen LogP contribution in [0.1, 0.15) is 44.7 Å². The quantitative estimate of drug-likeness (QED) is 0.840. The molecule has 0 aromatic heterocycles. The number of methoxy groups -OCH3 is 1. The van der Waals surface area contributed by atoms with Crippen molar-refractivity contribution in [2.75, 3.05) is 7.11 Å². The Morgan fingerprint density at radius 2 is 1.82 bits per heavy atom. The summed E-state index contributed by atoms with van der Waals surface area (Å²) in [7, 11) is 1.70. The molecule has 1 saturated carbocycles. The van der Waals surface area contributed by atoms with Crippen molar-refractivity contribution in [2.45, 2.75) is 45.2 Å². The fourth-order valence-electron chi connectivity index (χ4n) is 2.46. The van der Waals surface area contributed by atoms with Gasteiger partial charge in [-0.1, -0.05) is 18.6 Å². The maximum Gasteiger partial charge on any atom is 0.118 e. The number of ether oxygens (including phenoxy) is 1. The van der Waals surface area contributed by atoms with E-state index in [0.29, 0.717) is 12.1 Å². The molecule has 1 N–H and O–H groups in total. The van der Waals surface area contributed by atoms with Crippen molar-refractivity contribution in [3.63, 3.8) is 0 Å². The van der Waals surface area contributed by atoms with E-state index in [-0.39, 0.29) is 0 Å². The van der Waals surface area contributed by atoms with Gasteiger partial charge >= 0.3 is 0 Å². The van der Waals surface area contributed by atoms with Gasteiger partial charge in [-0.25, -0.2) is 0 Å². The summed E-state index contributed by atoms with van der Waals surface area (Å²) < 4.78 is 5.17. The standard InChI is InChI=1S/C15H23NO/c1-11(13-5-4-6-13)16-12(2)14-7-9-15(17-3)10-8-14/h7-13,16H,4-6H2,1-3H3. The summed E-state index contributed by atoms with van der Waals surface area (Å²) in [6.07, 6.45) is 4.20. The molecule has 0 saturated heterocycles. The van der Waals surface area contributed by atoms with Crippen molar-refractivity contribution in [3.05, 3.63) is 29.8 Å². The van der Waals surface area contributed by atoms with Crippen LogP contribution < -0.4 is 10.1 Å². The van der Waals surface area contributed by atoms with Gasteiger partial charge in [0.15, 0.2) is 0 Å². The van der Waals surface area contributed by atoms with Gasteiger partial charge < -0.3 is 10.1 Å². The summed E-state index contributed by atoms with van der Waals surface area (Å²) in [5, 5.41) is 3.69. The van der Waals surface area contributed by atoms with E-state index in [1.54, 1.807) is 7.11 Å². The zero-order valence-corrected chi connectivity index (χ0v) is 11.1. The van der Waals surface area contributed by atoms with Crippen LogP contribution in [0.25, 0.3) is 0 Å². The van der Waals surface area contributed by atoms with E-state index in [2.05, 4.69) is 31.3 Å². The summed E-state index contributed by atoms with van der Waals surface area (Å²) in [4.78, 5) is 0. The molecule has 2 atom stereocenters. The lowest BCUT2D eigenvalue weighted by molar-refractivity contribution is 0.229. The zero-order chi connectivity index (χ0) is 12.3. The molecule has 0 bridgehead atoms. The van der Waals surface area contributed by atoms with Crippen LogP contribution in [0.2, 0.25) is 0 Å². The molecule has 2 heteroatoms. The highest BCUT2D eigenvalue weighted by atomic mass is 16.5. The van der Waals surface area contributed by atoms with Crippen molar-refractivity contribution in [3.8, 4) is 5.75 Å². The minimum absolute atomic E-state index is 0.413. The highest BCUT2D eigenvalue weighted by molar-refractivity contribution is 5.28. The van der Waals surface area contributed by atoms with Crippen LogP contribution in [-0.4, -0.2) is 13.2 Å². The van der Waals surface area contributed by atoms with Gasteiger partial charge in [-0.2, -0.15) is 0 Å². The highest BCUT2D eigenvalue weighted by Gasteiger charge is 2.24. The van der Waals surface area contributed by atoms with Crippen LogP contribution in [0, 0.1) is 5.92 Å². The molecular weight excluding hydrogens is 210 g/mol. The molecule has 1 aromatic rings. The van der Waals surface area contributed by atoms with Crippen molar-refractivity contribution in [2.24, 2.45) is 5.92 Å². The maximum absolute atomic E-state index is 5.17. The smallest absolute Gasteiger partial charge is 0.118 e. The number of rotatable bonds is 5. The summed E-state index contributed by atoms with van der Waals surface area (Å²) in [5.41, 5.74) is 1.33. The van der Waals surface area contributed by atoms with Gasteiger partial charge in [0.25, 0.3) is 0 Å². The van der Waals surface area contributed by atoms with E-state index in [4.69, 9.17) is 4.74 Å². The second kappa shape index (κ2) is 5.54. The third kappa shape index (κ3) is 3.01. The van der Waals surface area contributed by atoms with E-state index < -0.39 is 0 Å². The molecule has 2 unspecified atom stereocenters. The first-order chi connectivity index (χ1) is 8.20. The summed E-state index contributed by atoms with van der Waals surface area (Å²) in [5.74, 6) is 1.81. The Balaban J connectivity index is 1.91. The average molecular weight is 233 g/mol. The Morgan fingerprint density at radius 1 is 1.18 bits per heavy atom. The minimum Gasteiger partial charge on any atom is -0.497 e. The predicted molar refractivity (Wildman–Crippen MR) is 71.3 cm³/mol. The van der Waals surface area contributed by atoms with Crippen LogP contribution in [-0.2, 0) is 0 Å². The monoisotopic (exact) mass is 233 g/mol. The first-order valence-electron chi connectivity index (χ1n) is 6.60. The fraction of sp³-hybridized carbons (Fsp3) is 0.600. The van der Waals surface area contributed by atoms with Crippen molar-refractivity contribution in [1.82, 2.24) is 5.32 Å². The summed E-state index contributed by atoms with van der Waals surface area (Å²) >= 11 is 0. The third-order valence-electron chi connectivity index (χ3n) is 3.99. The van der Waals surface area contributed by atoms with Crippen molar-refractivity contribution in [1.29, 1.82) is 0 Å². The first kappa shape index (κ1) is 12.4. The summed E-state index contributed by atoms with van der Waals surface area (Å²) in [6, 6.07) is 9.38. The van der Waals surface area contributed by atoms with Gasteiger partial charge in [0.2, 0.25) is 0 Å². The molecule has 2 nitrogen and oxygen atoms in total. The minimum atomic E-state index is 0.413. The Hall–Kier alpha value is -1.02. The Morgan fingerprint density at radius 3 is 2.29 bits per heavy atom. The highest BCUT2D eigenvalue weighted by Crippen LogP contribution is 2.30. The van der Waals surface area contributed by atoms with Gasteiger partial charge in [0.1, 0.15) is 5.75 Å². The molecule has 2 rings (SSSR count). The van der Waals surface area contributed by atoms with Gasteiger partial charge in [0.05, 0.1) is 7.11 Å². The molecule has 1 fully saturated rings. The number of nitrogens with one attached hydrogen (secondary N) is 1. The largest absolute Gasteiger partial charge is 0.497 e. The Labute approximate surface area is 104 Å². The fourth-order valence-corrected chi connectivity index (χ4v) is 2.46.